The van der Waals surface area contributed by atoms with Crippen LogP contribution in [0.5, 0.6) is 0 Å². The van der Waals surface area contributed by atoms with Gasteiger partial charge in [0.25, 0.3) is 0 Å². The highest BCUT2D eigenvalue weighted by atomic mass is 32.2. The third-order valence-corrected chi connectivity index (χ3v) is 4.44. The van der Waals surface area contributed by atoms with Crippen molar-refractivity contribution in [1.82, 2.24) is 15.3 Å². The molecule has 5 heteroatoms. The summed E-state index contributed by atoms with van der Waals surface area (Å²) in [6.45, 7) is 3.06. The standard InChI is InChI=1S/C13H20N4S/c1-4-17(5-7-18-6-1)13-10-15-12(9-16-13)8-14-11-2-3-11/h9-11,14H,1-8H2. The zero-order valence-corrected chi connectivity index (χ0v) is 11.5. The van der Waals surface area contributed by atoms with Crippen molar-refractivity contribution >= 4 is 17.6 Å². The van der Waals surface area contributed by atoms with E-state index >= 15 is 0 Å². The summed E-state index contributed by atoms with van der Waals surface area (Å²) in [4.78, 5) is 11.4. The first-order chi connectivity index (χ1) is 8.92. The maximum atomic E-state index is 4.56. The van der Waals surface area contributed by atoms with E-state index in [-0.39, 0.29) is 0 Å². The monoisotopic (exact) mass is 264 g/mol. The Morgan fingerprint density at radius 1 is 1.22 bits per heavy atom. The summed E-state index contributed by atoms with van der Waals surface area (Å²) in [5.74, 6) is 3.51. The van der Waals surface area contributed by atoms with Gasteiger partial charge in [0, 0.05) is 31.4 Å². The van der Waals surface area contributed by atoms with Gasteiger partial charge in [0.1, 0.15) is 5.82 Å². The Balaban J connectivity index is 1.58. The molecule has 2 heterocycles. The lowest BCUT2D eigenvalue weighted by molar-refractivity contribution is 0.670. The van der Waals surface area contributed by atoms with Crippen LogP contribution in [-0.4, -0.2) is 40.6 Å². The molecular formula is C13H20N4S. The zero-order chi connectivity index (χ0) is 12.2. The summed E-state index contributed by atoms with van der Waals surface area (Å²) in [5, 5.41) is 3.46. The van der Waals surface area contributed by atoms with Crippen LogP contribution in [0.25, 0.3) is 0 Å². The molecule has 0 aromatic carbocycles. The third-order valence-electron chi connectivity index (χ3n) is 3.39. The van der Waals surface area contributed by atoms with E-state index < -0.39 is 0 Å². The van der Waals surface area contributed by atoms with Gasteiger partial charge in [-0.05, 0) is 25.0 Å². The molecule has 1 saturated heterocycles. The summed E-state index contributed by atoms with van der Waals surface area (Å²) in [5.41, 5.74) is 1.05. The molecule has 0 spiro atoms. The molecule has 2 aliphatic rings. The van der Waals surface area contributed by atoms with Crippen molar-refractivity contribution in [2.24, 2.45) is 0 Å². The molecule has 3 rings (SSSR count). The van der Waals surface area contributed by atoms with E-state index in [1.807, 2.05) is 24.2 Å². The SMILES string of the molecule is c1nc(N2CCCSCC2)cnc1CNC1CC1. The second-order valence-corrected chi connectivity index (χ2v) is 6.20. The topological polar surface area (TPSA) is 41.1 Å². The lowest BCUT2D eigenvalue weighted by Crippen LogP contribution is -2.26. The number of nitrogens with one attached hydrogen (secondary N) is 1. The van der Waals surface area contributed by atoms with Crippen LogP contribution < -0.4 is 10.2 Å². The minimum absolute atomic E-state index is 0.731. The van der Waals surface area contributed by atoms with Crippen LogP contribution in [0.4, 0.5) is 5.82 Å². The molecule has 2 fully saturated rings. The number of hydrogen-bond donors (Lipinski definition) is 1. The number of thioether (sulfide) groups is 1. The molecule has 0 radical (unpaired) electrons. The molecule has 98 valence electrons. The Kier molecular flexibility index (Phi) is 4.00. The average Bonchev–Trinajstić information content (AvgIpc) is 3.24. The highest BCUT2D eigenvalue weighted by Gasteiger charge is 2.20. The molecule has 0 amide bonds. The molecule has 1 aromatic rings. The fourth-order valence-electron chi connectivity index (χ4n) is 2.11. The van der Waals surface area contributed by atoms with E-state index in [0.717, 1.165) is 37.2 Å². The largest absolute Gasteiger partial charge is 0.354 e. The number of aromatic nitrogens is 2. The van der Waals surface area contributed by atoms with Gasteiger partial charge in [-0.15, -0.1) is 0 Å². The van der Waals surface area contributed by atoms with Crippen molar-refractivity contribution in [1.29, 1.82) is 0 Å². The van der Waals surface area contributed by atoms with Gasteiger partial charge in [-0.3, -0.25) is 4.98 Å². The maximum absolute atomic E-state index is 4.56. The molecule has 1 saturated carbocycles. The summed E-state index contributed by atoms with van der Waals surface area (Å²) >= 11 is 2.04. The van der Waals surface area contributed by atoms with Gasteiger partial charge in [-0.1, -0.05) is 0 Å². The summed E-state index contributed by atoms with van der Waals surface area (Å²) in [7, 11) is 0. The van der Waals surface area contributed by atoms with Gasteiger partial charge >= 0.3 is 0 Å². The van der Waals surface area contributed by atoms with Gasteiger partial charge in [0.2, 0.25) is 0 Å². The molecule has 0 atom stereocenters. The number of rotatable bonds is 4. The predicted octanol–water partition coefficient (Wildman–Crippen LogP) is 1.67. The van der Waals surface area contributed by atoms with Crippen molar-refractivity contribution in [3.8, 4) is 0 Å². The number of hydrogen-bond acceptors (Lipinski definition) is 5. The first-order valence-corrected chi connectivity index (χ1v) is 7.94. The van der Waals surface area contributed by atoms with Crippen LogP contribution in [0.15, 0.2) is 12.4 Å². The normalized spacial score (nSPS) is 20.8. The Bertz CT molecular complexity index is 369. The molecule has 1 N–H and O–H groups in total. The average molecular weight is 264 g/mol. The fourth-order valence-corrected chi connectivity index (χ4v) is 3.00. The summed E-state index contributed by atoms with van der Waals surface area (Å²) in [6, 6.07) is 0.731. The highest BCUT2D eigenvalue weighted by Crippen LogP contribution is 2.19. The molecular weight excluding hydrogens is 244 g/mol. The number of anilines is 1. The Morgan fingerprint density at radius 3 is 2.94 bits per heavy atom. The highest BCUT2D eigenvalue weighted by molar-refractivity contribution is 7.99. The van der Waals surface area contributed by atoms with E-state index in [4.69, 9.17) is 0 Å². The molecule has 0 bridgehead atoms. The lowest BCUT2D eigenvalue weighted by Gasteiger charge is -2.20. The van der Waals surface area contributed by atoms with Crippen molar-refractivity contribution in [2.75, 3.05) is 29.5 Å². The van der Waals surface area contributed by atoms with Gasteiger partial charge in [0.15, 0.2) is 0 Å². The molecule has 18 heavy (non-hydrogen) atoms. The van der Waals surface area contributed by atoms with E-state index in [0.29, 0.717) is 0 Å². The Labute approximate surface area is 113 Å². The molecule has 1 aliphatic carbocycles. The minimum atomic E-state index is 0.731. The molecule has 0 unspecified atom stereocenters. The van der Waals surface area contributed by atoms with Gasteiger partial charge in [-0.25, -0.2) is 4.98 Å². The van der Waals surface area contributed by atoms with Crippen LogP contribution in [0.1, 0.15) is 25.0 Å². The van der Waals surface area contributed by atoms with Crippen molar-refractivity contribution < 1.29 is 0 Å². The zero-order valence-electron chi connectivity index (χ0n) is 10.6. The van der Waals surface area contributed by atoms with Crippen LogP contribution in [0, 0.1) is 0 Å². The van der Waals surface area contributed by atoms with E-state index in [1.165, 1.54) is 30.8 Å². The lowest BCUT2D eigenvalue weighted by atomic mass is 10.4. The van der Waals surface area contributed by atoms with E-state index in [2.05, 4.69) is 20.2 Å². The van der Waals surface area contributed by atoms with Crippen LogP contribution >= 0.6 is 11.8 Å². The summed E-state index contributed by atoms with van der Waals surface area (Å²) < 4.78 is 0. The van der Waals surface area contributed by atoms with Gasteiger partial charge in [-0.2, -0.15) is 11.8 Å². The number of nitrogens with zero attached hydrogens (tertiary/aromatic N) is 3. The molecule has 4 nitrogen and oxygen atoms in total. The Hall–Kier alpha value is -0.810. The van der Waals surface area contributed by atoms with Crippen molar-refractivity contribution in [2.45, 2.75) is 31.8 Å². The Morgan fingerprint density at radius 2 is 2.17 bits per heavy atom. The van der Waals surface area contributed by atoms with Gasteiger partial charge in [0.05, 0.1) is 18.1 Å². The van der Waals surface area contributed by atoms with Crippen molar-refractivity contribution in [3.63, 3.8) is 0 Å². The maximum Gasteiger partial charge on any atom is 0.147 e. The van der Waals surface area contributed by atoms with Crippen LogP contribution in [0.3, 0.4) is 0 Å². The van der Waals surface area contributed by atoms with E-state index in [1.54, 1.807) is 0 Å². The quantitative estimate of drug-likeness (QED) is 0.896. The predicted molar refractivity (Wildman–Crippen MR) is 76.0 cm³/mol. The second-order valence-electron chi connectivity index (χ2n) is 4.97. The van der Waals surface area contributed by atoms with E-state index in [9.17, 15) is 0 Å². The third kappa shape index (κ3) is 3.36. The smallest absolute Gasteiger partial charge is 0.147 e. The van der Waals surface area contributed by atoms with Crippen LogP contribution in [0.2, 0.25) is 0 Å². The molecule has 1 aromatic heterocycles. The first kappa shape index (κ1) is 12.2. The van der Waals surface area contributed by atoms with Crippen molar-refractivity contribution in [3.05, 3.63) is 18.1 Å². The minimum Gasteiger partial charge on any atom is -0.354 e. The summed E-state index contributed by atoms with van der Waals surface area (Å²) in [6.07, 6.45) is 7.73. The second kappa shape index (κ2) is 5.89. The molecule has 1 aliphatic heterocycles. The van der Waals surface area contributed by atoms with Gasteiger partial charge < -0.3 is 10.2 Å². The fraction of sp³-hybridized carbons (Fsp3) is 0.692. The van der Waals surface area contributed by atoms with Crippen LogP contribution in [-0.2, 0) is 6.54 Å². The first-order valence-electron chi connectivity index (χ1n) is 6.79.